The van der Waals surface area contributed by atoms with E-state index in [1.165, 1.54) is 7.05 Å². The first-order valence-electron chi connectivity index (χ1n) is 8.37. The Labute approximate surface area is 143 Å². The van der Waals surface area contributed by atoms with Crippen LogP contribution in [0.5, 0.6) is 0 Å². The summed E-state index contributed by atoms with van der Waals surface area (Å²) in [4.78, 5) is 37.1. The highest BCUT2D eigenvalue weighted by molar-refractivity contribution is 5.95. The van der Waals surface area contributed by atoms with Gasteiger partial charge in [-0.2, -0.15) is 0 Å². The van der Waals surface area contributed by atoms with Crippen molar-refractivity contribution >= 4 is 18.0 Å². The number of hydrogen-bond donors (Lipinski definition) is 3. The van der Waals surface area contributed by atoms with Gasteiger partial charge in [0.25, 0.3) is 0 Å². The first kappa shape index (κ1) is 20.2. The number of hydrogen-bond acceptors (Lipinski definition) is 5. The number of likely N-dealkylation sites (tertiary alicyclic amines) is 1. The number of imide groups is 1. The zero-order valence-electron chi connectivity index (χ0n) is 15.3. The lowest BCUT2D eigenvalue weighted by molar-refractivity contribution is -0.122. The van der Waals surface area contributed by atoms with Crippen molar-refractivity contribution in [1.29, 1.82) is 0 Å². The molecule has 0 aromatic heterocycles. The van der Waals surface area contributed by atoms with Crippen molar-refractivity contribution < 1.29 is 19.1 Å². The van der Waals surface area contributed by atoms with E-state index in [-0.39, 0.29) is 24.5 Å². The van der Waals surface area contributed by atoms with Crippen molar-refractivity contribution in [3.05, 3.63) is 0 Å². The molecule has 1 fully saturated rings. The monoisotopic (exact) mass is 342 g/mol. The van der Waals surface area contributed by atoms with E-state index in [0.717, 1.165) is 25.8 Å². The minimum atomic E-state index is -0.552. The zero-order chi connectivity index (χ0) is 18.3. The highest BCUT2D eigenvalue weighted by atomic mass is 16.6. The minimum Gasteiger partial charge on any atom is -0.444 e. The molecule has 1 aliphatic heterocycles. The van der Waals surface area contributed by atoms with E-state index in [1.54, 1.807) is 0 Å². The number of nitrogens with zero attached hydrogens (tertiary/aromatic N) is 1. The molecule has 1 saturated heterocycles. The third-order valence-electron chi connectivity index (χ3n) is 3.81. The van der Waals surface area contributed by atoms with Crippen molar-refractivity contribution in [1.82, 2.24) is 20.9 Å². The first-order chi connectivity index (χ1) is 11.1. The van der Waals surface area contributed by atoms with Crippen LogP contribution < -0.4 is 16.0 Å². The van der Waals surface area contributed by atoms with E-state index in [0.29, 0.717) is 0 Å². The number of carbonyl (C=O) groups excluding carboxylic acids is 3. The van der Waals surface area contributed by atoms with Crippen LogP contribution in [0.2, 0.25) is 0 Å². The highest BCUT2D eigenvalue weighted by Gasteiger charge is 2.30. The topological polar surface area (TPSA) is 99.8 Å². The number of amides is 4. The van der Waals surface area contributed by atoms with Crippen LogP contribution in [0.4, 0.5) is 9.59 Å². The SMILES string of the molecule is CNC(=O)NC(=O)CN1CCCCC1C(C)NC(=O)OC(C)(C)C. The summed E-state index contributed by atoms with van der Waals surface area (Å²) in [6.45, 7) is 8.22. The normalized spacial score (nSPS) is 20.0. The van der Waals surface area contributed by atoms with E-state index in [4.69, 9.17) is 4.74 Å². The Morgan fingerprint density at radius 1 is 1.25 bits per heavy atom. The van der Waals surface area contributed by atoms with E-state index in [1.807, 2.05) is 32.6 Å². The van der Waals surface area contributed by atoms with E-state index < -0.39 is 17.7 Å². The third-order valence-corrected chi connectivity index (χ3v) is 3.81. The van der Waals surface area contributed by atoms with Crippen molar-refractivity contribution in [2.75, 3.05) is 20.1 Å². The molecule has 8 heteroatoms. The molecule has 0 aromatic rings. The molecule has 0 saturated carbocycles. The molecule has 0 spiro atoms. The van der Waals surface area contributed by atoms with Crippen molar-refractivity contribution in [3.8, 4) is 0 Å². The van der Waals surface area contributed by atoms with Gasteiger partial charge in [-0.05, 0) is 47.1 Å². The molecule has 138 valence electrons. The summed E-state index contributed by atoms with van der Waals surface area (Å²) >= 11 is 0. The predicted octanol–water partition coefficient (Wildman–Crippen LogP) is 1.21. The molecule has 0 aromatic carbocycles. The van der Waals surface area contributed by atoms with Crippen LogP contribution in [0.25, 0.3) is 0 Å². The molecule has 1 heterocycles. The zero-order valence-corrected chi connectivity index (χ0v) is 15.3. The molecule has 2 unspecified atom stereocenters. The predicted molar refractivity (Wildman–Crippen MR) is 90.6 cm³/mol. The maximum absolute atomic E-state index is 11.9. The summed E-state index contributed by atoms with van der Waals surface area (Å²) < 4.78 is 5.28. The maximum atomic E-state index is 11.9. The number of piperidine rings is 1. The Morgan fingerprint density at radius 3 is 2.50 bits per heavy atom. The van der Waals surface area contributed by atoms with Crippen LogP contribution in [0, 0.1) is 0 Å². The lowest BCUT2D eigenvalue weighted by Gasteiger charge is -2.39. The Bertz CT molecular complexity index is 461. The van der Waals surface area contributed by atoms with Gasteiger partial charge >= 0.3 is 12.1 Å². The van der Waals surface area contributed by atoms with Gasteiger partial charge < -0.3 is 15.4 Å². The van der Waals surface area contributed by atoms with Gasteiger partial charge in [0.1, 0.15) is 5.60 Å². The van der Waals surface area contributed by atoms with Gasteiger partial charge in [0.15, 0.2) is 0 Å². The summed E-state index contributed by atoms with van der Waals surface area (Å²) in [5, 5.41) is 7.46. The van der Waals surface area contributed by atoms with Crippen LogP contribution >= 0.6 is 0 Å². The molecular formula is C16H30N4O4. The molecule has 1 rings (SSSR count). The highest BCUT2D eigenvalue weighted by Crippen LogP contribution is 2.20. The summed E-state index contributed by atoms with van der Waals surface area (Å²) in [6, 6.07) is -0.650. The van der Waals surface area contributed by atoms with E-state index in [2.05, 4.69) is 16.0 Å². The first-order valence-corrected chi connectivity index (χ1v) is 8.37. The third kappa shape index (κ3) is 7.16. The number of alkyl carbamates (subject to hydrolysis) is 1. The van der Waals surface area contributed by atoms with Gasteiger partial charge in [-0.15, -0.1) is 0 Å². The number of ether oxygens (including phenoxy) is 1. The smallest absolute Gasteiger partial charge is 0.407 e. The van der Waals surface area contributed by atoms with Crippen LogP contribution in [0.15, 0.2) is 0 Å². The fourth-order valence-electron chi connectivity index (χ4n) is 2.78. The van der Waals surface area contributed by atoms with Gasteiger partial charge in [0.05, 0.1) is 6.54 Å². The molecule has 8 nitrogen and oxygen atoms in total. The second kappa shape index (κ2) is 8.86. The fourth-order valence-corrected chi connectivity index (χ4v) is 2.78. The molecule has 0 bridgehead atoms. The molecule has 4 amide bonds. The second-order valence-electron chi connectivity index (χ2n) is 7.10. The van der Waals surface area contributed by atoms with Crippen molar-refractivity contribution in [2.24, 2.45) is 0 Å². The van der Waals surface area contributed by atoms with Gasteiger partial charge in [0.2, 0.25) is 5.91 Å². The van der Waals surface area contributed by atoms with Crippen molar-refractivity contribution in [2.45, 2.75) is 64.6 Å². The lowest BCUT2D eigenvalue weighted by atomic mass is 9.96. The summed E-state index contributed by atoms with van der Waals surface area (Å²) in [7, 11) is 1.46. The molecule has 0 radical (unpaired) electrons. The standard InChI is InChI=1S/C16H30N4O4/c1-11(18-15(23)24-16(2,3)4)12-8-6-7-9-20(12)10-13(21)19-14(22)17-5/h11-12H,6-10H2,1-5H3,(H,18,23)(H2,17,19,21,22). The van der Waals surface area contributed by atoms with E-state index >= 15 is 0 Å². The van der Waals surface area contributed by atoms with Gasteiger partial charge in [0, 0.05) is 19.1 Å². The molecule has 0 aliphatic carbocycles. The molecule has 2 atom stereocenters. The van der Waals surface area contributed by atoms with E-state index in [9.17, 15) is 14.4 Å². The molecular weight excluding hydrogens is 312 g/mol. The van der Waals surface area contributed by atoms with Gasteiger partial charge in [-0.3, -0.25) is 15.0 Å². The second-order valence-corrected chi connectivity index (χ2v) is 7.10. The average Bonchev–Trinajstić information content (AvgIpc) is 2.45. The largest absolute Gasteiger partial charge is 0.444 e. The number of rotatable bonds is 4. The summed E-state index contributed by atoms with van der Waals surface area (Å²) in [5.74, 6) is -0.356. The number of carbonyl (C=O) groups is 3. The Kier molecular flexibility index (Phi) is 7.47. The molecule has 3 N–H and O–H groups in total. The maximum Gasteiger partial charge on any atom is 0.407 e. The lowest BCUT2D eigenvalue weighted by Crippen LogP contribution is -2.55. The van der Waals surface area contributed by atoms with Gasteiger partial charge in [-0.1, -0.05) is 6.42 Å². The fraction of sp³-hybridized carbons (Fsp3) is 0.812. The quantitative estimate of drug-likeness (QED) is 0.713. The van der Waals surface area contributed by atoms with Crippen LogP contribution in [0.1, 0.15) is 47.0 Å². The van der Waals surface area contributed by atoms with Crippen molar-refractivity contribution in [3.63, 3.8) is 0 Å². The average molecular weight is 342 g/mol. The Morgan fingerprint density at radius 2 is 1.92 bits per heavy atom. The van der Waals surface area contributed by atoms with Crippen LogP contribution in [0.3, 0.4) is 0 Å². The number of urea groups is 1. The molecule has 24 heavy (non-hydrogen) atoms. The number of nitrogens with one attached hydrogen (secondary N) is 3. The van der Waals surface area contributed by atoms with Gasteiger partial charge in [-0.25, -0.2) is 9.59 Å². The summed E-state index contributed by atoms with van der Waals surface area (Å²) in [6.07, 6.45) is 2.45. The minimum absolute atomic E-state index is 0.0294. The summed E-state index contributed by atoms with van der Waals surface area (Å²) in [5.41, 5.74) is -0.552. The Balaban J connectivity index is 2.60. The Hall–Kier alpha value is -1.83. The van der Waals surface area contributed by atoms with Crippen LogP contribution in [-0.4, -0.2) is 60.8 Å². The van der Waals surface area contributed by atoms with Crippen LogP contribution in [-0.2, 0) is 9.53 Å². The molecule has 1 aliphatic rings.